The number of fused-ring (bicyclic) bond motifs is 4. The first-order chi connectivity index (χ1) is 17.1. The summed E-state index contributed by atoms with van der Waals surface area (Å²) in [5.41, 5.74) is 2.44. The van der Waals surface area contributed by atoms with Gasteiger partial charge in [0.05, 0.1) is 28.1 Å². The first-order valence-corrected chi connectivity index (χ1v) is 11.7. The lowest BCUT2D eigenvalue weighted by Gasteiger charge is -2.20. The molecule has 3 heterocycles. The summed E-state index contributed by atoms with van der Waals surface area (Å²) in [6, 6.07) is 19.6. The molecule has 1 aliphatic rings. The highest BCUT2D eigenvalue weighted by atomic mass is 32.2. The van der Waals surface area contributed by atoms with Crippen molar-refractivity contribution < 1.29 is 14.4 Å². The van der Waals surface area contributed by atoms with E-state index >= 15 is 0 Å². The summed E-state index contributed by atoms with van der Waals surface area (Å²) in [4.78, 5) is 24.4. The van der Waals surface area contributed by atoms with Gasteiger partial charge >= 0.3 is 0 Å². The molecule has 0 N–H and O–H groups in total. The number of nitrogens with zero attached hydrogens (tertiary/aromatic N) is 5. The maximum Gasteiger partial charge on any atom is 0.270 e. The Kier molecular flexibility index (Phi) is 5.20. The first-order valence-electron chi connectivity index (χ1n) is 10.7. The van der Waals surface area contributed by atoms with Crippen molar-refractivity contribution in [3.05, 3.63) is 98.3 Å². The zero-order valence-electron chi connectivity index (χ0n) is 18.2. The van der Waals surface area contributed by atoms with Crippen LogP contribution in [-0.2, 0) is 17.1 Å². The summed E-state index contributed by atoms with van der Waals surface area (Å²) < 4.78 is 14.3. The van der Waals surface area contributed by atoms with Crippen LogP contribution in [0.2, 0.25) is 0 Å². The third-order valence-electron chi connectivity index (χ3n) is 5.75. The Morgan fingerprint density at radius 1 is 1.06 bits per heavy atom. The van der Waals surface area contributed by atoms with Gasteiger partial charge < -0.3 is 9.47 Å². The molecule has 35 heavy (non-hydrogen) atoms. The summed E-state index contributed by atoms with van der Waals surface area (Å²) >= 11 is 1.36. The second-order valence-electron chi connectivity index (χ2n) is 7.86. The van der Waals surface area contributed by atoms with Gasteiger partial charge in [0, 0.05) is 29.0 Å². The fourth-order valence-electron chi connectivity index (χ4n) is 4.22. The Labute approximate surface area is 201 Å². The summed E-state index contributed by atoms with van der Waals surface area (Å²) in [5.74, 6) is 1.33. The van der Waals surface area contributed by atoms with Crippen molar-refractivity contribution in [3.8, 4) is 11.4 Å². The Morgan fingerprint density at radius 3 is 2.69 bits per heavy atom. The molecule has 0 spiro atoms. The van der Waals surface area contributed by atoms with Gasteiger partial charge in [0.1, 0.15) is 5.75 Å². The number of nitro groups is 1. The number of hydrogen-bond donors (Lipinski definition) is 0. The van der Waals surface area contributed by atoms with Gasteiger partial charge in [-0.15, -0.1) is 10.2 Å². The standard InChI is InChI=1S/C24H17N5O5S/c30-22-19-8-4-5-9-20(19)28-23(27(22)17-6-2-1-3-7-17)25-26-24(28)35-13-16-11-18(29(31)32)10-15-12-33-14-34-21(15)16/h1-11H,12-14H2. The van der Waals surface area contributed by atoms with Crippen LogP contribution >= 0.6 is 11.8 Å². The van der Waals surface area contributed by atoms with Gasteiger partial charge in [0.25, 0.3) is 11.2 Å². The van der Waals surface area contributed by atoms with E-state index in [1.54, 1.807) is 6.07 Å². The van der Waals surface area contributed by atoms with Gasteiger partial charge in [-0.05, 0) is 24.3 Å². The smallest absolute Gasteiger partial charge is 0.270 e. The van der Waals surface area contributed by atoms with Gasteiger partial charge in [-0.3, -0.25) is 19.3 Å². The number of benzene rings is 3. The lowest BCUT2D eigenvalue weighted by molar-refractivity contribution is -0.385. The summed E-state index contributed by atoms with van der Waals surface area (Å²) in [5, 5.41) is 21.3. The third-order valence-corrected chi connectivity index (χ3v) is 6.73. The van der Waals surface area contributed by atoms with Crippen LogP contribution in [0.3, 0.4) is 0 Å². The van der Waals surface area contributed by atoms with Gasteiger partial charge in [0.15, 0.2) is 11.9 Å². The number of nitro benzene ring substituents is 1. The molecule has 5 aromatic rings. The fraction of sp³-hybridized carbons (Fsp3) is 0.125. The van der Waals surface area contributed by atoms with E-state index in [9.17, 15) is 14.9 Å². The average Bonchev–Trinajstić information content (AvgIpc) is 3.31. The molecular weight excluding hydrogens is 470 g/mol. The molecule has 0 atom stereocenters. The van der Waals surface area contributed by atoms with Crippen molar-refractivity contribution in [2.75, 3.05) is 6.79 Å². The molecule has 0 unspecified atom stereocenters. The van der Waals surface area contributed by atoms with Crippen molar-refractivity contribution in [1.82, 2.24) is 19.2 Å². The minimum atomic E-state index is -0.429. The topological polar surface area (TPSA) is 114 Å². The zero-order chi connectivity index (χ0) is 23.9. The molecule has 2 aromatic heterocycles. The third kappa shape index (κ3) is 3.61. The molecule has 0 radical (unpaired) electrons. The quantitative estimate of drug-likeness (QED) is 0.207. The molecule has 0 amide bonds. The van der Waals surface area contributed by atoms with Crippen LogP contribution in [0.1, 0.15) is 11.1 Å². The molecule has 0 saturated carbocycles. The summed E-state index contributed by atoms with van der Waals surface area (Å²) in [6.07, 6.45) is 0. The molecular formula is C24H17N5O5S. The number of non-ortho nitro benzene ring substituents is 1. The van der Waals surface area contributed by atoms with Gasteiger partial charge in [-0.25, -0.2) is 4.57 Å². The fourth-order valence-corrected chi connectivity index (χ4v) is 5.12. The highest BCUT2D eigenvalue weighted by Gasteiger charge is 2.23. The SMILES string of the molecule is O=c1c2ccccc2n2c(SCc3cc([N+](=O)[O-])cc4c3OCOC4)nnc2n1-c1ccccc1. The second-order valence-corrected chi connectivity index (χ2v) is 8.80. The molecule has 174 valence electrons. The Balaban J connectivity index is 1.49. The van der Waals surface area contributed by atoms with Gasteiger partial charge in [0.2, 0.25) is 5.78 Å². The van der Waals surface area contributed by atoms with Crippen molar-refractivity contribution in [2.24, 2.45) is 0 Å². The summed E-state index contributed by atoms with van der Waals surface area (Å²) in [7, 11) is 0. The van der Waals surface area contributed by atoms with E-state index in [0.29, 0.717) is 50.2 Å². The number of thioether (sulfide) groups is 1. The van der Waals surface area contributed by atoms with Crippen molar-refractivity contribution in [1.29, 1.82) is 0 Å². The van der Waals surface area contributed by atoms with Crippen LogP contribution in [0.25, 0.3) is 22.4 Å². The number of para-hydroxylation sites is 2. The van der Waals surface area contributed by atoms with E-state index in [1.807, 2.05) is 52.9 Å². The van der Waals surface area contributed by atoms with Crippen LogP contribution in [0.15, 0.2) is 76.7 Å². The molecule has 3 aromatic carbocycles. The van der Waals surface area contributed by atoms with Gasteiger partial charge in [-0.2, -0.15) is 0 Å². The molecule has 6 rings (SSSR count). The van der Waals surface area contributed by atoms with Crippen LogP contribution in [0.5, 0.6) is 5.75 Å². The van der Waals surface area contributed by atoms with Crippen LogP contribution < -0.4 is 10.3 Å². The number of rotatable bonds is 5. The van der Waals surface area contributed by atoms with E-state index in [-0.39, 0.29) is 24.6 Å². The molecule has 10 nitrogen and oxygen atoms in total. The van der Waals surface area contributed by atoms with Crippen molar-refractivity contribution in [3.63, 3.8) is 0 Å². The molecule has 11 heteroatoms. The predicted molar refractivity (Wildman–Crippen MR) is 129 cm³/mol. The first kappa shape index (κ1) is 21.3. The lowest BCUT2D eigenvalue weighted by atomic mass is 10.1. The minimum Gasteiger partial charge on any atom is -0.467 e. The summed E-state index contributed by atoms with van der Waals surface area (Å²) in [6.45, 7) is 0.334. The number of ether oxygens (including phenoxy) is 2. The molecule has 0 aliphatic carbocycles. The molecule has 0 bridgehead atoms. The Hall–Kier alpha value is -4.22. The lowest BCUT2D eigenvalue weighted by Crippen LogP contribution is -2.21. The van der Waals surface area contributed by atoms with E-state index in [0.717, 1.165) is 0 Å². The average molecular weight is 487 g/mol. The molecule has 0 fully saturated rings. The molecule has 1 aliphatic heterocycles. The van der Waals surface area contributed by atoms with Crippen molar-refractivity contribution in [2.45, 2.75) is 17.5 Å². The monoisotopic (exact) mass is 487 g/mol. The largest absolute Gasteiger partial charge is 0.467 e. The van der Waals surface area contributed by atoms with Gasteiger partial charge in [-0.1, -0.05) is 42.1 Å². The second kappa shape index (κ2) is 8.53. The highest BCUT2D eigenvalue weighted by Crippen LogP contribution is 2.36. The van der Waals surface area contributed by atoms with Crippen LogP contribution in [-0.4, -0.2) is 30.9 Å². The maximum absolute atomic E-state index is 13.4. The number of hydrogen-bond acceptors (Lipinski definition) is 8. The predicted octanol–water partition coefficient (Wildman–Crippen LogP) is 4.10. The molecule has 0 saturated heterocycles. The number of aromatic nitrogens is 4. The van der Waals surface area contributed by atoms with Crippen LogP contribution in [0.4, 0.5) is 5.69 Å². The van der Waals surface area contributed by atoms with E-state index in [2.05, 4.69) is 10.2 Å². The van der Waals surface area contributed by atoms with Crippen LogP contribution in [0, 0.1) is 10.1 Å². The maximum atomic E-state index is 13.4. The van der Waals surface area contributed by atoms with E-state index in [1.165, 1.54) is 28.5 Å². The van der Waals surface area contributed by atoms with Crippen molar-refractivity contribution >= 4 is 34.1 Å². The normalized spacial score (nSPS) is 13.0. The van der Waals surface area contributed by atoms with E-state index in [4.69, 9.17) is 9.47 Å². The zero-order valence-corrected chi connectivity index (χ0v) is 19.0. The Morgan fingerprint density at radius 2 is 1.86 bits per heavy atom. The highest BCUT2D eigenvalue weighted by molar-refractivity contribution is 7.98. The Bertz CT molecular complexity index is 1660. The minimum absolute atomic E-state index is 0.0251. The van der Waals surface area contributed by atoms with E-state index < -0.39 is 4.92 Å².